The molecular formula is C20H22N2. The lowest BCUT2D eigenvalue weighted by atomic mass is 9.91. The molecule has 2 atom stereocenters. The molecular weight excluding hydrogens is 268 g/mol. The minimum Gasteiger partial charge on any atom is -0.287 e. The van der Waals surface area contributed by atoms with Crippen LogP contribution in [-0.4, -0.2) is 24.5 Å². The van der Waals surface area contributed by atoms with E-state index in [0.717, 1.165) is 12.8 Å². The van der Waals surface area contributed by atoms with Crippen LogP contribution in [0.3, 0.4) is 0 Å². The quantitative estimate of drug-likeness (QED) is 0.739. The second kappa shape index (κ2) is 7.69. The van der Waals surface area contributed by atoms with Crippen molar-refractivity contribution in [2.45, 2.75) is 37.8 Å². The second-order valence-electron chi connectivity index (χ2n) is 5.80. The molecule has 2 aromatic carbocycles. The molecule has 0 aliphatic heterocycles. The smallest absolute Gasteiger partial charge is 0.0723 e. The number of hydrogen-bond donors (Lipinski definition) is 0. The number of nitrogens with zero attached hydrogens (tertiary/aromatic N) is 2. The van der Waals surface area contributed by atoms with Crippen LogP contribution < -0.4 is 0 Å². The van der Waals surface area contributed by atoms with Gasteiger partial charge in [-0.15, -0.1) is 0 Å². The van der Waals surface area contributed by atoms with Crippen molar-refractivity contribution in [3.05, 3.63) is 71.8 Å². The maximum atomic E-state index is 4.81. The molecule has 0 saturated heterocycles. The average molecular weight is 290 g/mol. The van der Waals surface area contributed by atoms with E-state index in [4.69, 9.17) is 9.98 Å². The van der Waals surface area contributed by atoms with Crippen molar-refractivity contribution in [2.24, 2.45) is 9.98 Å². The second-order valence-corrected chi connectivity index (χ2v) is 5.80. The Morgan fingerprint density at radius 2 is 1.05 bits per heavy atom. The van der Waals surface area contributed by atoms with Gasteiger partial charge in [-0.2, -0.15) is 0 Å². The summed E-state index contributed by atoms with van der Waals surface area (Å²) in [5.74, 6) is 0. The van der Waals surface area contributed by atoms with Gasteiger partial charge in [0.15, 0.2) is 0 Å². The van der Waals surface area contributed by atoms with E-state index in [9.17, 15) is 0 Å². The van der Waals surface area contributed by atoms with E-state index in [-0.39, 0.29) is 0 Å². The van der Waals surface area contributed by atoms with Crippen LogP contribution in [0.15, 0.2) is 70.6 Å². The molecule has 0 amide bonds. The Labute approximate surface area is 132 Å². The Balaban J connectivity index is 1.69. The van der Waals surface area contributed by atoms with E-state index in [1.807, 2.05) is 48.8 Å². The third kappa shape index (κ3) is 4.14. The fourth-order valence-corrected chi connectivity index (χ4v) is 2.88. The van der Waals surface area contributed by atoms with E-state index in [1.165, 1.54) is 24.0 Å². The number of hydrogen-bond acceptors (Lipinski definition) is 2. The fourth-order valence-electron chi connectivity index (χ4n) is 2.88. The summed E-state index contributed by atoms with van der Waals surface area (Å²) in [6.45, 7) is 0. The van der Waals surface area contributed by atoms with Gasteiger partial charge in [-0.1, -0.05) is 73.5 Å². The summed E-state index contributed by atoms with van der Waals surface area (Å²) in [7, 11) is 0. The summed E-state index contributed by atoms with van der Waals surface area (Å²) in [5, 5.41) is 0. The van der Waals surface area contributed by atoms with Gasteiger partial charge in [-0.25, -0.2) is 0 Å². The number of aliphatic imine (C=N–C) groups is 2. The molecule has 1 fully saturated rings. The van der Waals surface area contributed by atoms with E-state index in [2.05, 4.69) is 24.3 Å². The maximum absolute atomic E-state index is 4.81. The molecule has 112 valence electrons. The monoisotopic (exact) mass is 290 g/mol. The molecule has 2 unspecified atom stereocenters. The zero-order valence-electron chi connectivity index (χ0n) is 12.8. The number of benzene rings is 2. The Kier molecular flexibility index (Phi) is 5.14. The van der Waals surface area contributed by atoms with E-state index >= 15 is 0 Å². The summed E-state index contributed by atoms with van der Waals surface area (Å²) >= 11 is 0. The van der Waals surface area contributed by atoms with Crippen molar-refractivity contribution in [1.82, 2.24) is 0 Å². The summed E-state index contributed by atoms with van der Waals surface area (Å²) in [5.41, 5.74) is 2.33. The van der Waals surface area contributed by atoms with Crippen LogP contribution in [0, 0.1) is 0 Å². The Morgan fingerprint density at radius 1 is 0.636 bits per heavy atom. The molecule has 2 aromatic rings. The molecule has 1 aliphatic rings. The lowest BCUT2D eigenvalue weighted by Gasteiger charge is -2.25. The van der Waals surface area contributed by atoms with Gasteiger partial charge in [0.25, 0.3) is 0 Å². The highest BCUT2D eigenvalue weighted by atomic mass is 14.9. The zero-order valence-corrected chi connectivity index (χ0v) is 12.8. The third-order valence-electron chi connectivity index (χ3n) is 4.12. The lowest BCUT2D eigenvalue weighted by molar-refractivity contribution is 0.390. The van der Waals surface area contributed by atoms with E-state index < -0.39 is 0 Å². The van der Waals surface area contributed by atoms with Crippen molar-refractivity contribution >= 4 is 12.4 Å². The van der Waals surface area contributed by atoms with Crippen molar-refractivity contribution < 1.29 is 0 Å². The van der Waals surface area contributed by atoms with Crippen molar-refractivity contribution in [1.29, 1.82) is 0 Å². The first-order valence-corrected chi connectivity index (χ1v) is 8.08. The molecule has 22 heavy (non-hydrogen) atoms. The van der Waals surface area contributed by atoms with Crippen LogP contribution >= 0.6 is 0 Å². The summed E-state index contributed by atoms with van der Waals surface area (Å²) in [6.07, 6.45) is 8.80. The number of rotatable bonds is 4. The molecule has 0 N–H and O–H groups in total. The molecule has 0 spiro atoms. The average Bonchev–Trinajstić information content (AvgIpc) is 2.61. The van der Waals surface area contributed by atoms with Crippen LogP contribution in [0.5, 0.6) is 0 Å². The first-order valence-electron chi connectivity index (χ1n) is 8.08. The van der Waals surface area contributed by atoms with Crippen LogP contribution in [0.4, 0.5) is 0 Å². The van der Waals surface area contributed by atoms with Gasteiger partial charge in [-0.05, 0) is 24.0 Å². The highest BCUT2D eigenvalue weighted by molar-refractivity contribution is 5.80. The van der Waals surface area contributed by atoms with E-state index in [1.54, 1.807) is 0 Å². The van der Waals surface area contributed by atoms with Crippen molar-refractivity contribution in [3.8, 4) is 0 Å². The van der Waals surface area contributed by atoms with Crippen molar-refractivity contribution in [2.75, 3.05) is 0 Å². The van der Waals surface area contributed by atoms with Gasteiger partial charge in [0.05, 0.1) is 12.1 Å². The predicted octanol–water partition coefficient (Wildman–Crippen LogP) is 4.54. The highest BCUT2D eigenvalue weighted by Crippen LogP contribution is 2.24. The normalized spacial score (nSPS) is 22.4. The van der Waals surface area contributed by atoms with Gasteiger partial charge in [0, 0.05) is 12.4 Å². The SMILES string of the molecule is C(=NC1CCCCC1N=Cc1ccccc1)c1ccccc1. The largest absolute Gasteiger partial charge is 0.287 e. The van der Waals surface area contributed by atoms with Gasteiger partial charge < -0.3 is 0 Å². The Hall–Kier alpha value is -2.22. The van der Waals surface area contributed by atoms with Crippen LogP contribution in [-0.2, 0) is 0 Å². The first kappa shape index (κ1) is 14.7. The molecule has 2 heteroatoms. The predicted molar refractivity (Wildman–Crippen MR) is 94.1 cm³/mol. The molecule has 0 aromatic heterocycles. The highest BCUT2D eigenvalue weighted by Gasteiger charge is 2.22. The third-order valence-corrected chi connectivity index (χ3v) is 4.12. The molecule has 3 rings (SSSR count). The van der Waals surface area contributed by atoms with Crippen LogP contribution in [0.25, 0.3) is 0 Å². The maximum Gasteiger partial charge on any atom is 0.0723 e. The standard InChI is InChI=1S/C20H22N2/c1-3-9-17(10-4-1)15-21-19-13-7-8-14-20(19)22-16-18-11-5-2-6-12-18/h1-6,9-12,15-16,19-20H,7-8,13-14H2. The zero-order chi connectivity index (χ0) is 15.0. The first-order chi connectivity index (χ1) is 10.9. The fraction of sp³-hybridized carbons (Fsp3) is 0.300. The lowest BCUT2D eigenvalue weighted by Crippen LogP contribution is -2.27. The summed E-state index contributed by atoms with van der Waals surface area (Å²) < 4.78 is 0. The van der Waals surface area contributed by atoms with Gasteiger partial charge >= 0.3 is 0 Å². The van der Waals surface area contributed by atoms with Crippen molar-refractivity contribution in [3.63, 3.8) is 0 Å². The minimum atomic E-state index is 0.314. The Bertz CT molecular complexity index is 559. The summed E-state index contributed by atoms with van der Waals surface area (Å²) in [6, 6.07) is 21.3. The summed E-state index contributed by atoms with van der Waals surface area (Å²) in [4.78, 5) is 9.62. The van der Waals surface area contributed by atoms with Gasteiger partial charge in [-0.3, -0.25) is 9.98 Å². The Morgan fingerprint density at radius 3 is 1.45 bits per heavy atom. The molecule has 2 nitrogen and oxygen atoms in total. The van der Waals surface area contributed by atoms with Crippen LogP contribution in [0.1, 0.15) is 36.8 Å². The molecule has 1 saturated carbocycles. The molecule has 0 bridgehead atoms. The van der Waals surface area contributed by atoms with Gasteiger partial charge in [0.2, 0.25) is 0 Å². The molecule has 0 heterocycles. The molecule has 1 aliphatic carbocycles. The minimum absolute atomic E-state index is 0.314. The van der Waals surface area contributed by atoms with Gasteiger partial charge in [0.1, 0.15) is 0 Å². The topological polar surface area (TPSA) is 24.7 Å². The van der Waals surface area contributed by atoms with Crippen LogP contribution in [0.2, 0.25) is 0 Å². The molecule has 0 radical (unpaired) electrons. The van der Waals surface area contributed by atoms with E-state index in [0.29, 0.717) is 12.1 Å².